The van der Waals surface area contributed by atoms with Crippen LogP contribution in [-0.2, 0) is 12.1 Å². The average Bonchev–Trinajstić information content (AvgIpc) is 3.87. The first-order valence-corrected chi connectivity index (χ1v) is 18.6. The van der Waals surface area contributed by atoms with Crippen molar-refractivity contribution in [3.8, 4) is 11.1 Å². The van der Waals surface area contributed by atoms with Crippen LogP contribution in [-0.4, -0.2) is 56.4 Å². The summed E-state index contributed by atoms with van der Waals surface area (Å²) in [5.74, 6) is -1.05. The second-order valence-electron chi connectivity index (χ2n) is 13.9. The predicted octanol–water partition coefficient (Wildman–Crippen LogP) is 9.34. The molecule has 6 nitrogen and oxygen atoms in total. The number of hydrogen-bond acceptors (Lipinski definition) is 4. The van der Waals surface area contributed by atoms with Crippen LogP contribution in [0.5, 0.6) is 0 Å². The molecular formula is C46H41F2N5O. The topological polar surface area (TPSA) is 54.3 Å². The summed E-state index contributed by atoms with van der Waals surface area (Å²) in [5.41, 5.74) is 6.27. The van der Waals surface area contributed by atoms with Crippen LogP contribution in [0.15, 0.2) is 152 Å². The number of nitrogens with zero attached hydrogens (tertiary/aromatic N) is 5. The first kappa shape index (κ1) is 35.1. The highest BCUT2D eigenvalue weighted by molar-refractivity contribution is 5.94. The molecule has 1 aliphatic rings. The lowest BCUT2D eigenvalue weighted by Gasteiger charge is -2.36. The Balaban J connectivity index is 1.18. The van der Waals surface area contributed by atoms with Crippen molar-refractivity contribution in [3.05, 3.63) is 191 Å². The van der Waals surface area contributed by atoms with E-state index in [4.69, 9.17) is 10.3 Å². The van der Waals surface area contributed by atoms with E-state index in [1.54, 1.807) is 11.0 Å². The summed E-state index contributed by atoms with van der Waals surface area (Å²) in [5, 5.41) is 9.58. The molecule has 0 radical (unpaired) electrons. The van der Waals surface area contributed by atoms with Crippen LogP contribution in [0.25, 0.3) is 22.2 Å². The van der Waals surface area contributed by atoms with E-state index in [0.717, 1.165) is 59.3 Å². The number of carbonyl (C=O) groups excluding carboxylic acids is 1. The number of amides is 1. The van der Waals surface area contributed by atoms with E-state index in [-0.39, 0.29) is 24.3 Å². The van der Waals surface area contributed by atoms with Gasteiger partial charge in [0, 0.05) is 30.3 Å². The average molecular weight is 718 g/mol. The van der Waals surface area contributed by atoms with E-state index in [9.17, 15) is 9.18 Å². The summed E-state index contributed by atoms with van der Waals surface area (Å²) in [6, 6.07) is 47.9. The summed E-state index contributed by atoms with van der Waals surface area (Å²) >= 11 is 0. The van der Waals surface area contributed by atoms with Crippen molar-refractivity contribution in [3.63, 3.8) is 0 Å². The Kier molecular flexibility index (Phi) is 9.85. The lowest BCUT2D eigenvalue weighted by molar-refractivity contribution is 0.0690. The minimum atomic E-state index is -0.823. The van der Waals surface area contributed by atoms with Crippen LogP contribution in [0.3, 0.4) is 0 Å². The van der Waals surface area contributed by atoms with Crippen molar-refractivity contribution in [2.24, 2.45) is 0 Å². The molecule has 8 rings (SSSR count). The highest BCUT2D eigenvalue weighted by Gasteiger charge is 2.40. The van der Waals surface area contributed by atoms with E-state index in [2.05, 4.69) is 48.2 Å². The molecule has 0 spiro atoms. The number of benzene rings is 6. The molecule has 6 aromatic carbocycles. The Hall–Kier alpha value is -5.99. The van der Waals surface area contributed by atoms with Gasteiger partial charge in [-0.2, -0.15) is 0 Å². The maximum Gasteiger partial charge on any atom is 0.254 e. The first-order chi connectivity index (χ1) is 26.4. The van der Waals surface area contributed by atoms with E-state index in [0.29, 0.717) is 23.2 Å². The smallest absolute Gasteiger partial charge is 0.254 e. The fourth-order valence-corrected chi connectivity index (χ4v) is 8.10. The molecule has 1 amide bonds. The molecular weight excluding hydrogens is 677 g/mol. The molecule has 270 valence electrons. The number of aromatic nitrogens is 3. The Morgan fingerprint density at radius 1 is 0.759 bits per heavy atom. The van der Waals surface area contributed by atoms with Crippen LogP contribution < -0.4 is 0 Å². The Bertz CT molecular complexity index is 2270. The SMILES string of the molecule is CCN1CCCC1CN(Cc1cc(-c2ccc3c(c2)nnn3C(c2ccccc2)(c2ccccc2)c2ccccc2)ccc1F)C(=O)c1ccc(F)cc1. The lowest BCUT2D eigenvalue weighted by atomic mass is 9.77. The van der Waals surface area contributed by atoms with Crippen LogP contribution in [0.2, 0.25) is 0 Å². The Labute approximate surface area is 314 Å². The quantitative estimate of drug-likeness (QED) is 0.125. The van der Waals surface area contributed by atoms with Gasteiger partial charge in [0.1, 0.15) is 22.7 Å². The third kappa shape index (κ3) is 6.58. The van der Waals surface area contributed by atoms with E-state index < -0.39 is 11.4 Å². The second-order valence-corrected chi connectivity index (χ2v) is 13.9. The van der Waals surface area contributed by atoms with Crippen molar-refractivity contribution < 1.29 is 13.6 Å². The fourth-order valence-electron chi connectivity index (χ4n) is 8.10. The van der Waals surface area contributed by atoms with Gasteiger partial charge >= 0.3 is 0 Å². The van der Waals surface area contributed by atoms with E-state index in [1.165, 1.54) is 30.3 Å². The Morgan fingerprint density at radius 2 is 1.35 bits per heavy atom. The molecule has 54 heavy (non-hydrogen) atoms. The number of likely N-dealkylation sites (tertiary alicyclic amines) is 1. The largest absolute Gasteiger partial charge is 0.333 e. The number of fused-ring (bicyclic) bond motifs is 1. The molecule has 1 aliphatic heterocycles. The van der Waals surface area contributed by atoms with E-state index >= 15 is 4.39 Å². The van der Waals surface area contributed by atoms with Crippen molar-refractivity contribution in [2.45, 2.75) is 37.9 Å². The molecule has 0 saturated carbocycles. The molecule has 1 atom stereocenters. The van der Waals surface area contributed by atoms with Crippen molar-refractivity contribution in [1.82, 2.24) is 24.8 Å². The lowest BCUT2D eigenvalue weighted by Crippen LogP contribution is -2.42. The zero-order chi connectivity index (χ0) is 37.1. The fraction of sp³-hybridized carbons (Fsp3) is 0.196. The minimum absolute atomic E-state index is 0.0795. The van der Waals surface area contributed by atoms with Crippen molar-refractivity contribution in [2.75, 3.05) is 19.6 Å². The van der Waals surface area contributed by atoms with Gasteiger partial charge in [-0.05, 0) is 102 Å². The number of rotatable bonds is 11. The molecule has 0 aliphatic carbocycles. The second kappa shape index (κ2) is 15.2. The molecule has 1 fully saturated rings. The van der Waals surface area contributed by atoms with Gasteiger partial charge in [0.05, 0.1) is 5.52 Å². The molecule has 7 aromatic rings. The third-order valence-corrected chi connectivity index (χ3v) is 10.8. The van der Waals surface area contributed by atoms with Gasteiger partial charge in [0.15, 0.2) is 0 Å². The van der Waals surface area contributed by atoms with Gasteiger partial charge in [-0.3, -0.25) is 9.69 Å². The van der Waals surface area contributed by atoms with Gasteiger partial charge in [0.2, 0.25) is 0 Å². The number of halogens is 2. The first-order valence-electron chi connectivity index (χ1n) is 18.6. The van der Waals surface area contributed by atoms with Gasteiger partial charge in [0.25, 0.3) is 5.91 Å². The normalized spacial score (nSPS) is 14.8. The van der Waals surface area contributed by atoms with Gasteiger partial charge < -0.3 is 4.90 Å². The molecule has 8 heteroatoms. The molecule has 1 unspecified atom stereocenters. The molecule has 1 aromatic heterocycles. The van der Waals surface area contributed by atoms with Crippen LogP contribution in [0, 0.1) is 11.6 Å². The van der Waals surface area contributed by atoms with Gasteiger partial charge in [-0.1, -0.05) is 115 Å². The standard InChI is InChI=1S/C46H41F2N5O/c1-2-51-28-12-19-41(51)32-52(45(54)33-20-24-40(47)25-21-33)31-36-29-34(22-26-42(36)48)35-23-27-44-43(30-35)49-50-53(44)46(37-13-6-3-7-14-37,38-15-8-4-9-16-38)39-17-10-5-11-18-39/h3-11,13-18,20-27,29-30,41H,2,12,19,28,31-32H2,1H3. The maximum atomic E-state index is 15.7. The molecule has 0 bridgehead atoms. The third-order valence-electron chi connectivity index (χ3n) is 10.8. The predicted molar refractivity (Wildman–Crippen MR) is 209 cm³/mol. The summed E-state index contributed by atoms with van der Waals surface area (Å²) in [4.78, 5) is 18.0. The number of hydrogen-bond donors (Lipinski definition) is 0. The maximum absolute atomic E-state index is 15.7. The van der Waals surface area contributed by atoms with Crippen LogP contribution >= 0.6 is 0 Å². The van der Waals surface area contributed by atoms with Crippen LogP contribution in [0.1, 0.15) is 52.4 Å². The highest BCUT2D eigenvalue weighted by atomic mass is 19.1. The summed E-state index contributed by atoms with van der Waals surface area (Å²) in [6.45, 7) is 4.50. The van der Waals surface area contributed by atoms with Gasteiger partial charge in [-0.15, -0.1) is 5.10 Å². The molecule has 2 heterocycles. The highest BCUT2D eigenvalue weighted by Crippen LogP contribution is 2.42. The molecule has 0 N–H and O–H groups in total. The Morgan fingerprint density at radius 3 is 1.96 bits per heavy atom. The zero-order valence-corrected chi connectivity index (χ0v) is 30.2. The monoisotopic (exact) mass is 717 g/mol. The summed E-state index contributed by atoms with van der Waals surface area (Å²) in [6.07, 6.45) is 2.02. The summed E-state index contributed by atoms with van der Waals surface area (Å²) < 4.78 is 31.5. The summed E-state index contributed by atoms with van der Waals surface area (Å²) in [7, 11) is 0. The van der Waals surface area contributed by atoms with Crippen LogP contribution in [0.4, 0.5) is 8.78 Å². The number of carbonyl (C=O) groups is 1. The van der Waals surface area contributed by atoms with E-state index in [1.807, 2.05) is 83.5 Å². The van der Waals surface area contributed by atoms with Crippen molar-refractivity contribution >= 4 is 16.9 Å². The molecule has 1 saturated heterocycles. The van der Waals surface area contributed by atoms with Gasteiger partial charge in [-0.25, -0.2) is 13.5 Å². The zero-order valence-electron chi connectivity index (χ0n) is 30.2. The minimum Gasteiger partial charge on any atom is -0.333 e. The number of likely N-dealkylation sites (N-methyl/N-ethyl adjacent to an activating group) is 1. The van der Waals surface area contributed by atoms with Crippen molar-refractivity contribution in [1.29, 1.82) is 0 Å².